The zero-order valence-electron chi connectivity index (χ0n) is 15.3. The van der Waals surface area contributed by atoms with Crippen molar-refractivity contribution in [2.45, 2.75) is 25.9 Å². The summed E-state index contributed by atoms with van der Waals surface area (Å²) in [6.45, 7) is 3.37. The lowest BCUT2D eigenvalue weighted by molar-refractivity contribution is 0.209. The van der Waals surface area contributed by atoms with Crippen LogP contribution in [0.2, 0.25) is 0 Å². The number of nitrogens with zero attached hydrogens (tertiary/aromatic N) is 1. The molecule has 5 rings (SSSR count). The molecule has 0 amide bonds. The van der Waals surface area contributed by atoms with E-state index in [1.807, 2.05) is 17.4 Å². The highest BCUT2D eigenvalue weighted by molar-refractivity contribution is 7.10. The molecule has 0 radical (unpaired) electrons. The fourth-order valence-corrected chi connectivity index (χ4v) is 5.86. The molecule has 0 saturated carbocycles. The van der Waals surface area contributed by atoms with Gasteiger partial charge in [0.25, 0.3) is 0 Å². The SMILES string of the molecule is Cc1c(O)ccc2c(CN3CCc4sccc4[C@@H]3c3cccs3)cc(=O)oc12. The summed E-state index contributed by atoms with van der Waals surface area (Å²) in [5, 5.41) is 15.2. The molecule has 1 aliphatic heterocycles. The predicted octanol–water partition coefficient (Wildman–Crippen LogP) is 5.08. The maximum atomic E-state index is 12.2. The van der Waals surface area contributed by atoms with Crippen molar-refractivity contribution in [2.75, 3.05) is 6.54 Å². The van der Waals surface area contributed by atoms with E-state index in [2.05, 4.69) is 33.9 Å². The van der Waals surface area contributed by atoms with E-state index in [1.54, 1.807) is 30.4 Å². The van der Waals surface area contributed by atoms with Crippen LogP contribution in [0.25, 0.3) is 11.0 Å². The largest absolute Gasteiger partial charge is 0.508 e. The quantitative estimate of drug-likeness (QED) is 0.480. The topological polar surface area (TPSA) is 53.7 Å². The van der Waals surface area contributed by atoms with Crippen LogP contribution >= 0.6 is 22.7 Å². The molecule has 4 nitrogen and oxygen atoms in total. The van der Waals surface area contributed by atoms with Crippen molar-refractivity contribution in [1.29, 1.82) is 0 Å². The number of thiophene rings is 2. The Morgan fingerprint density at radius 2 is 2.11 bits per heavy atom. The van der Waals surface area contributed by atoms with Crippen LogP contribution in [-0.2, 0) is 13.0 Å². The van der Waals surface area contributed by atoms with E-state index >= 15 is 0 Å². The molecule has 1 atom stereocenters. The molecule has 1 N–H and O–H groups in total. The first-order chi connectivity index (χ1) is 13.6. The highest BCUT2D eigenvalue weighted by atomic mass is 32.1. The normalized spacial score (nSPS) is 17.1. The summed E-state index contributed by atoms with van der Waals surface area (Å²) >= 11 is 3.60. The second kappa shape index (κ2) is 6.88. The Hall–Kier alpha value is -2.41. The third kappa shape index (κ3) is 2.89. The Bertz CT molecular complexity index is 1210. The van der Waals surface area contributed by atoms with Crippen LogP contribution in [-0.4, -0.2) is 16.6 Å². The Morgan fingerprint density at radius 1 is 1.21 bits per heavy atom. The van der Waals surface area contributed by atoms with E-state index < -0.39 is 0 Å². The van der Waals surface area contributed by atoms with Gasteiger partial charge < -0.3 is 9.52 Å². The van der Waals surface area contributed by atoms with Crippen LogP contribution in [0.15, 0.2) is 56.4 Å². The van der Waals surface area contributed by atoms with Crippen molar-refractivity contribution < 1.29 is 9.52 Å². The summed E-state index contributed by atoms with van der Waals surface area (Å²) in [4.78, 5) is 17.4. The van der Waals surface area contributed by atoms with Crippen molar-refractivity contribution in [3.63, 3.8) is 0 Å². The first kappa shape index (κ1) is 17.7. The number of benzene rings is 1. The molecule has 1 aliphatic rings. The van der Waals surface area contributed by atoms with Gasteiger partial charge in [-0.25, -0.2) is 4.79 Å². The second-order valence-corrected chi connectivity index (χ2v) is 9.09. The van der Waals surface area contributed by atoms with Crippen LogP contribution in [0.3, 0.4) is 0 Å². The number of phenolic OH excluding ortho intramolecular Hbond substituents is 1. The molecule has 0 unspecified atom stereocenters. The number of hydrogen-bond acceptors (Lipinski definition) is 6. The van der Waals surface area contributed by atoms with Gasteiger partial charge in [0.1, 0.15) is 11.3 Å². The number of fused-ring (bicyclic) bond motifs is 2. The summed E-state index contributed by atoms with van der Waals surface area (Å²) in [6, 6.07) is 11.8. The maximum Gasteiger partial charge on any atom is 0.336 e. The van der Waals surface area contributed by atoms with Gasteiger partial charge in [0.05, 0.1) is 6.04 Å². The van der Waals surface area contributed by atoms with E-state index in [-0.39, 0.29) is 17.4 Å². The summed E-state index contributed by atoms with van der Waals surface area (Å²) in [7, 11) is 0. The Labute approximate surface area is 170 Å². The standard InChI is InChI=1S/C22H19NO3S2/c1-13-17(24)5-4-15-14(11-20(25)26-22(13)15)12-23-8-6-18-16(7-10-28-18)21(23)19-3-2-9-27-19/h2-5,7,9-11,21,24H,6,8,12H2,1H3/t21-/m1/s1. The molecule has 0 saturated heterocycles. The Balaban J connectivity index is 1.61. The molecule has 0 fully saturated rings. The van der Waals surface area contributed by atoms with Gasteiger partial charge in [0.15, 0.2) is 0 Å². The summed E-state index contributed by atoms with van der Waals surface area (Å²) in [5.74, 6) is 0.144. The average Bonchev–Trinajstić information content (AvgIpc) is 3.36. The maximum absolute atomic E-state index is 12.2. The molecular weight excluding hydrogens is 390 g/mol. The van der Waals surface area contributed by atoms with Gasteiger partial charge in [-0.3, -0.25) is 4.90 Å². The van der Waals surface area contributed by atoms with Gasteiger partial charge in [-0.05, 0) is 59.5 Å². The molecule has 4 heterocycles. The molecule has 0 spiro atoms. The molecule has 142 valence electrons. The van der Waals surface area contributed by atoms with Crippen molar-refractivity contribution >= 4 is 33.6 Å². The van der Waals surface area contributed by atoms with Crippen LogP contribution in [0.1, 0.15) is 32.5 Å². The van der Waals surface area contributed by atoms with Crippen LogP contribution in [0.5, 0.6) is 5.75 Å². The number of rotatable bonds is 3. The van der Waals surface area contributed by atoms with E-state index in [4.69, 9.17) is 4.42 Å². The van der Waals surface area contributed by atoms with Crippen LogP contribution < -0.4 is 5.63 Å². The summed E-state index contributed by atoms with van der Waals surface area (Å²) < 4.78 is 5.42. The number of hydrogen-bond donors (Lipinski definition) is 1. The van der Waals surface area contributed by atoms with Gasteiger partial charge >= 0.3 is 5.63 Å². The van der Waals surface area contributed by atoms with Gasteiger partial charge in [-0.15, -0.1) is 22.7 Å². The fraction of sp³-hybridized carbons (Fsp3) is 0.227. The Morgan fingerprint density at radius 3 is 2.93 bits per heavy atom. The van der Waals surface area contributed by atoms with Gasteiger partial charge in [0.2, 0.25) is 0 Å². The van der Waals surface area contributed by atoms with E-state index in [0.717, 1.165) is 23.9 Å². The molecule has 1 aromatic carbocycles. The van der Waals surface area contributed by atoms with E-state index in [9.17, 15) is 9.90 Å². The van der Waals surface area contributed by atoms with Crippen molar-refractivity contribution in [2.24, 2.45) is 0 Å². The lowest BCUT2D eigenvalue weighted by Gasteiger charge is -2.35. The molecule has 0 bridgehead atoms. The lowest BCUT2D eigenvalue weighted by Crippen LogP contribution is -2.34. The zero-order valence-corrected chi connectivity index (χ0v) is 17.0. The minimum atomic E-state index is -0.378. The summed E-state index contributed by atoms with van der Waals surface area (Å²) in [5.41, 5.74) is 3.01. The van der Waals surface area contributed by atoms with E-state index in [0.29, 0.717) is 17.7 Å². The average molecular weight is 410 g/mol. The van der Waals surface area contributed by atoms with Crippen molar-refractivity contribution in [3.8, 4) is 5.75 Å². The first-order valence-electron chi connectivity index (χ1n) is 9.21. The van der Waals surface area contributed by atoms with Crippen LogP contribution in [0.4, 0.5) is 0 Å². The monoisotopic (exact) mass is 409 g/mol. The number of aromatic hydroxyl groups is 1. The van der Waals surface area contributed by atoms with Gasteiger partial charge in [-0.2, -0.15) is 0 Å². The minimum Gasteiger partial charge on any atom is -0.508 e. The lowest BCUT2D eigenvalue weighted by atomic mass is 9.97. The predicted molar refractivity (Wildman–Crippen MR) is 113 cm³/mol. The molecular formula is C22H19NO3S2. The minimum absolute atomic E-state index is 0.144. The van der Waals surface area contributed by atoms with Crippen molar-refractivity contribution in [1.82, 2.24) is 4.90 Å². The molecule has 6 heteroatoms. The smallest absolute Gasteiger partial charge is 0.336 e. The highest BCUT2D eigenvalue weighted by Crippen LogP contribution is 2.40. The molecule has 4 aromatic rings. The first-order valence-corrected chi connectivity index (χ1v) is 11.0. The van der Waals surface area contributed by atoms with Gasteiger partial charge in [0, 0.05) is 39.9 Å². The molecule has 0 aliphatic carbocycles. The second-order valence-electron chi connectivity index (χ2n) is 7.11. The van der Waals surface area contributed by atoms with Crippen molar-refractivity contribution in [3.05, 3.63) is 84.0 Å². The highest BCUT2D eigenvalue weighted by Gasteiger charge is 2.30. The number of phenols is 1. The third-order valence-corrected chi connectivity index (χ3v) is 7.39. The zero-order chi connectivity index (χ0) is 19.3. The fourth-order valence-electron chi connectivity index (χ4n) is 4.08. The Kier molecular flexibility index (Phi) is 4.34. The van der Waals surface area contributed by atoms with E-state index in [1.165, 1.54) is 15.3 Å². The molecule has 28 heavy (non-hydrogen) atoms. The van der Waals surface area contributed by atoms with Gasteiger partial charge in [-0.1, -0.05) is 6.07 Å². The third-order valence-electron chi connectivity index (χ3n) is 5.47. The van der Waals surface area contributed by atoms with Crippen LogP contribution in [0, 0.1) is 6.92 Å². The number of aryl methyl sites for hydroxylation is 1. The summed E-state index contributed by atoms with van der Waals surface area (Å²) in [6.07, 6.45) is 1.02. The molecule has 3 aromatic heterocycles.